The number of nitrogens with two attached hydrogens (primary N) is 4. The van der Waals surface area contributed by atoms with Crippen molar-refractivity contribution >= 4 is 11.7 Å². The van der Waals surface area contributed by atoms with Crippen LogP contribution in [0.3, 0.4) is 0 Å². The number of aromatic amines is 1. The van der Waals surface area contributed by atoms with Crippen molar-refractivity contribution in [3.63, 3.8) is 0 Å². The Labute approximate surface area is 165 Å². The maximum atomic E-state index is 12.0. The Bertz CT molecular complexity index is 1130. The van der Waals surface area contributed by atoms with E-state index in [2.05, 4.69) is 20.6 Å². The number of hydrogen-bond donors (Lipinski definition) is 7. The van der Waals surface area contributed by atoms with Crippen molar-refractivity contribution in [2.24, 2.45) is 33.5 Å². The highest BCUT2D eigenvalue weighted by Gasteiger charge is 2.13. The zero-order valence-corrected chi connectivity index (χ0v) is 15.3. The van der Waals surface area contributed by atoms with Crippen LogP contribution in [0.5, 0.6) is 5.75 Å². The molecule has 0 atom stereocenters. The van der Waals surface area contributed by atoms with E-state index in [1.807, 2.05) is 0 Å². The molecule has 10 heteroatoms. The number of hydrazine groups is 1. The Morgan fingerprint density at radius 1 is 0.931 bits per heavy atom. The molecule has 0 aliphatic heterocycles. The van der Waals surface area contributed by atoms with Gasteiger partial charge in [-0.1, -0.05) is 48.5 Å². The maximum absolute atomic E-state index is 12.0. The average molecular weight is 392 g/mol. The van der Waals surface area contributed by atoms with E-state index in [1.165, 1.54) is 6.07 Å². The molecule has 0 aliphatic rings. The first-order chi connectivity index (χ1) is 14.0. The molecule has 0 aliphatic carbocycles. The number of nitrogens with zero attached hydrogens (tertiary/aromatic N) is 2. The van der Waals surface area contributed by atoms with Gasteiger partial charge in [-0.2, -0.15) is 10.2 Å². The minimum Gasteiger partial charge on any atom is -0.503 e. The van der Waals surface area contributed by atoms with E-state index in [4.69, 9.17) is 23.3 Å². The molecule has 0 amide bonds. The van der Waals surface area contributed by atoms with Crippen LogP contribution in [-0.2, 0) is 0 Å². The summed E-state index contributed by atoms with van der Waals surface area (Å²) in [5, 5.41) is 17.0. The van der Waals surface area contributed by atoms with Crippen LogP contribution in [0.2, 0.25) is 0 Å². The minimum absolute atomic E-state index is 0.192. The van der Waals surface area contributed by atoms with Gasteiger partial charge in [-0.25, -0.2) is 5.84 Å². The first-order valence-corrected chi connectivity index (χ1v) is 8.44. The lowest BCUT2D eigenvalue weighted by Crippen LogP contribution is -2.31. The number of nitrogens with one attached hydrogen (secondary N) is 2. The van der Waals surface area contributed by atoms with Gasteiger partial charge in [0.2, 0.25) is 0 Å². The first-order valence-electron chi connectivity index (χ1n) is 8.44. The smallest absolute Gasteiger partial charge is 0.290 e. The molecule has 10 nitrogen and oxygen atoms in total. The zero-order chi connectivity index (χ0) is 21.0. The highest BCUT2D eigenvalue weighted by molar-refractivity contribution is 5.99. The average Bonchev–Trinajstić information content (AvgIpc) is 2.76. The predicted octanol–water partition coefficient (Wildman–Crippen LogP) is 0.0771. The van der Waals surface area contributed by atoms with Gasteiger partial charge in [-0.15, -0.1) is 0 Å². The van der Waals surface area contributed by atoms with Crippen molar-refractivity contribution < 1.29 is 5.11 Å². The summed E-state index contributed by atoms with van der Waals surface area (Å²) in [4.78, 5) is 14.7. The van der Waals surface area contributed by atoms with E-state index < -0.39 is 11.3 Å². The monoisotopic (exact) mass is 392 g/mol. The predicted molar refractivity (Wildman–Crippen MR) is 113 cm³/mol. The molecule has 11 N–H and O–H groups in total. The summed E-state index contributed by atoms with van der Waals surface area (Å²) >= 11 is 0. The number of amidine groups is 2. The molecule has 29 heavy (non-hydrogen) atoms. The molecule has 3 aromatic rings. The lowest BCUT2D eigenvalue weighted by molar-refractivity contribution is 0.467. The SMILES string of the molecule is N/N=C(\N)c1ccc(-c2[nH]c(=O)c(O)cc2-c2ccc(/C(=N/N)NN)cc2)cc1. The Morgan fingerprint density at radius 3 is 2.07 bits per heavy atom. The molecule has 0 bridgehead atoms. The molecule has 1 aromatic heterocycles. The first kappa shape index (κ1) is 19.5. The Balaban J connectivity index is 2.11. The summed E-state index contributed by atoms with van der Waals surface area (Å²) in [5.41, 5.74) is 11.4. The van der Waals surface area contributed by atoms with Crippen LogP contribution in [0, 0.1) is 0 Å². The van der Waals surface area contributed by atoms with Crippen molar-refractivity contribution in [2.45, 2.75) is 0 Å². The summed E-state index contributed by atoms with van der Waals surface area (Å²) in [6, 6.07) is 15.5. The summed E-state index contributed by atoms with van der Waals surface area (Å²) in [7, 11) is 0. The van der Waals surface area contributed by atoms with Gasteiger partial charge in [0.15, 0.2) is 11.6 Å². The van der Waals surface area contributed by atoms with Crippen LogP contribution >= 0.6 is 0 Å². The minimum atomic E-state index is -0.600. The third-order valence-corrected chi connectivity index (χ3v) is 4.37. The zero-order valence-electron chi connectivity index (χ0n) is 15.3. The van der Waals surface area contributed by atoms with E-state index in [-0.39, 0.29) is 5.84 Å². The van der Waals surface area contributed by atoms with E-state index in [1.54, 1.807) is 48.5 Å². The van der Waals surface area contributed by atoms with Gasteiger partial charge in [-0.3, -0.25) is 4.79 Å². The van der Waals surface area contributed by atoms with Gasteiger partial charge in [-0.05, 0) is 17.2 Å². The number of hydrogen-bond acceptors (Lipinski definition) is 7. The number of pyridine rings is 1. The fraction of sp³-hybridized carbons (Fsp3) is 0. The summed E-state index contributed by atoms with van der Waals surface area (Å²) < 4.78 is 0. The van der Waals surface area contributed by atoms with Gasteiger partial charge < -0.3 is 32.9 Å². The van der Waals surface area contributed by atoms with E-state index in [0.29, 0.717) is 33.8 Å². The van der Waals surface area contributed by atoms with Crippen molar-refractivity contribution in [2.75, 3.05) is 0 Å². The summed E-state index contributed by atoms with van der Waals surface area (Å²) in [6.45, 7) is 0. The van der Waals surface area contributed by atoms with Crippen LogP contribution in [0.25, 0.3) is 22.4 Å². The van der Waals surface area contributed by atoms with Gasteiger partial charge in [0.05, 0.1) is 5.69 Å². The second-order valence-electron chi connectivity index (χ2n) is 6.06. The Kier molecular flexibility index (Phi) is 5.47. The number of rotatable bonds is 4. The van der Waals surface area contributed by atoms with Crippen LogP contribution in [0.15, 0.2) is 69.6 Å². The fourth-order valence-electron chi connectivity index (χ4n) is 2.86. The summed E-state index contributed by atoms with van der Waals surface area (Å²) in [6.07, 6.45) is 0. The molecule has 0 radical (unpaired) electrons. The molecular formula is C19H20N8O2. The highest BCUT2D eigenvalue weighted by atomic mass is 16.3. The van der Waals surface area contributed by atoms with Gasteiger partial charge in [0.25, 0.3) is 5.56 Å². The lowest BCUT2D eigenvalue weighted by atomic mass is 9.97. The summed E-state index contributed by atoms with van der Waals surface area (Å²) in [5.74, 6) is 16.0. The van der Waals surface area contributed by atoms with Gasteiger partial charge in [0.1, 0.15) is 5.84 Å². The number of hydrazone groups is 2. The molecule has 1 heterocycles. The number of benzene rings is 2. The third kappa shape index (κ3) is 3.87. The molecule has 0 saturated carbocycles. The van der Waals surface area contributed by atoms with Crippen molar-refractivity contribution in [1.82, 2.24) is 10.4 Å². The molecular weight excluding hydrogens is 372 g/mol. The standard InChI is InChI=1S/C19H20N8O2/c20-17(25-21)12-5-3-11(4-6-12)16-14(9-15(28)19(29)24-16)10-1-7-13(8-2-10)18(26-22)27-23/h1-9,28H,21-23H2,(H2,20,25)(H,24,29)(H,26,27). The highest BCUT2D eigenvalue weighted by Crippen LogP contribution is 2.31. The quantitative estimate of drug-likeness (QED) is 0.141. The number of aromatic hydroxyl groups is 1. The number of H-pyrrole nitrogens is 1. The second-order valence-corrected chi connectivity index (χ2v) is 6.06. The van der Waals surface area contributed by atoms with Crippen LogP contribution in [0.1, 0.15) is 11.1 Å². The van der Waals surface area contributed by atoms with Crippen molar-refractivity contribution in [3.05, 3.63) is 76.1 Å². The van der Waals surface area contributed by atoms with Crippen LogP contribution < -0.4 is 34.2 Å². The van der Waals surface area contributed by atoms with Gasteiger partial charge in [0, 0.05) is 16.7 Å². The molecule has 2 aromatic carbocycles. The van der Waals surface area contributed by atoms with Crippen LogP contribution in [-0.4, -0.2) is 21.8 Å². The van der Waals surface area contributed by atoms with Crippen molar-refractivity contribution in [1.29, 1.82) is 0 Å². The number of aromatic nitrogens is 1. The fourth-order valence-corrected chi connectivity index (χ4v) is 2.86. The van der Waals surface area contributed by atoms with Gasteiger partial charge >= 0.3 is 0 Å². The normalized spacial score (nSPS) is 12.0. The van der Waals surface area contributed by atoms with E-state index in [0.717, 1.165) is 5.56 Å². The molecule has 3 rings (SSSR count). The van der Waals surface area contributed by atoms with Crippen LogP contribution in [0.4, 0.5) is 0 Å². The lowest BCUT2D eigenvalue weighted by Gasteiger charge is -2.12. The largest absolute Gasteiger partial charge is 0.503 e. The molecule has 0 fully saturated rings. The molecule has 0 spiro atoms. The molecule has 148 valence electrons. The van der Waals surface area contributed by atoms with E-state index in [9.17, 15) is 9.90 Å². The van der Waals surface area contributed by atoms with E-state index >= 15 is 0 Å². The Hall–Kier alpha value is -4.31. The van der Waals surface area contributed by atoms with Crippen molar-refractivity contribution in [3.8, 4) is 28.1 Å². The molecule has 0 saturated heterocycles. The maximum Gasteiger partial charge on any atom is 0.290 e. The topological polar surface area (TPSA) is 194 Å². The third-order valence-electron chi connectivity index (χ3n) is 4.37. The second kappa shape index (κ2) is 8.15. The molecule has 0 unspecified atom stereocenters. The Morgan fingerprint density at radius 2 is 1.52 bits per heavy atom.